The number of aromatic carboxylic acids is 1. The highest BCUT2D eigenvalue weighted by molar-refractivity contribution is 6.00. The predicted octanol–water partition coefficient (Wildman–Crippen LogP) is 3.10. The van der Waals surface area contributed by atoms with Crippen molar-refractivity contribution in [1.82, 2.24) is 9.55 Å². The molecule has 1 N–H and O–H groups in total. The van der Waals surface area contributed by atoms with Gasteiger partial charge in [-0.2, -0.15) is 0 Å². The molecule has 4 heteroatoms. The Hall–Kier alpha value is -1.84. The molecule has 1 heterocycles. The van der Waals surface area contributed by atoms with Gasteiger partial charge < -0.3 is 9.67 Å². The lowest BCUT2D eigenvalue weighted by Gasteiger charge is -2.15. The second-order valence-electron chi connectivity index (χ2n) is 4.10. The van der Waals surface area contributed by atoms with Crippen LogP contribution in [0.25, 0.3) is 11.0 Å². The smallest absolute Gasteiger partial charge is 0.337 e. The van der Waals surface area contributed by atoms with Gasteiger partial charge in [-0.05, 0) is 25.0 Å². The van der Waals surface area contributed by atoms with Crippen LogP contribution >= 0.6 is 0 Å². The Labute approximate surface area is 99.9 Å². The molecule has 0 atom stereocenters. The zero-order valence-corrected chi connectivity index (χ0v) is 10.1. The van der Waals surface area contributed by atoms with Crippen LogP contribution in [-0.2, 0) is 0 Å². The average Bonchev–Trinajstić information content (AvgIpc) is 2.74. The van der Waals surface area contributed by atoms with Gasteiger partial charge in [0.05, 0.1) is 17.4 Å². The fraction of sp³-hybridized carbons (Fsp3) is 0.385. The molecule has 0 fully saturated rings. The van der Waals surface area contributed by atoms with Gasteiger partial charge in [0, 0.05) is 6.04 Å². The number of fused-ring (bicyclic) bond motifs is 1. The van der Waals surface area contributed by atoms with Crippen LogP contribution in [0.2, 0.25) is 0 Å². The van der Waals surface area contributed by atoms with E-state index in [4.69, 9.17) is 5.11 Å². The number of benzene rings is 1. The first kappa shape index (κ1) is 11.6. The van der Waals surface area contributed by atoms with E-state index in [1.54, 1.807) is 18.5 Å². The highest BCUT2D eigenvalue weighted by Crippen LogP contribution is 2.24. The molecule has 1 aromatic heterocycles. The summed E-state index contributed by atoms with van der Waals surface area (Å²) in [4.78, 5) is 15.3. The summed E-state index contributed by atoms with van der Waals surface area (Å²) < 4.78 is 2.07. The fourth-order valence-electron chi connectivity index (χ4n) is 2.20. The highest BCUT2D eigenvalue weighted by atomic mass is 16.4. The van der Waals surface area contributed by atoms with Crippen molar-refractivity contribution in [3.8, 4) is 0 Å². The minimum absolute atomic E-state index is 0.271. The molecule has 2 aromatic rings. The first-order valence-electron chi connectivity index (χ1n) is 5.87. The van der Waals surface area contributed by atoms with Gasteiger partial charge in [0.25, 0.3) is 0 Å². The Morgan fingerprint density at radius 3 is 2.71 bits per heavy atom. The van der Waals surface area contributed by atoms with Crippen molar-refractivity contribution in [1.29, 1.82) is 0 Å². The molecule has 0 radical (unpaired) electrons. The Bertz CT molecular complexity index is 541. The molecule has 0 saturated heterocycles. The first-order chi connectivity index (χ1) is 8.19. The van der Waals surface area contributed by atoms with Crippen molar-refractivity contribution in [3.05, 3.63) is 30.1 Å². The lowest BCUT2D eigenvalue weighted by molar-refractivity contribution is 0.0699. The van der Waals surface area contributed by atoms with Gasteiger partial charge in [0.1, 0.15) is 5.52 Å². The molecular formula is C13H16N2O2. The van der Waals surface area contributed by atoms with Crippen molar-refractivity contribution in [2.45, 2.75) is 32.7 Å². The molecule has 0 amide bonds. The van der Waals surface area contributed by atoms with Gasteiger partial charge in [0.2, 0.25) is 0 Å². The molecule has 0 aliphatic heterocycles. The number of hydrogen-bond acceptors (Lipinski definition) is 2. The maximum Gasteiger partial charge on any atom is 0.337 e. The summed E-state index contributed by atoms with van der Waals surface area (Å²) in [6.07, 6.45) is 3.77. The average molecular weight is 232 g/mol. The number of nitrogens with zero attached hydrogens (tertiary/aromatic N) is 2. The van der Waals surface area contributed by atoms with E-state index in [0.717, 1.165) is 18.4 Å². The molecule has 4 nitrogen and oxygen atoms in total. The molecule has 17 heavy (non-hydrogen) atoms. The van der Waals surface area contributed by atoms with Gasteiger partial charge in [-0.1, -0.05) is 19.9 Å². The largest absolute Gasteiger partial charge is 0.478 e. The van der Waals surface area contributed by atoms with Crippen LogP contribution < -0.4 is 0 Å². The number of carbonyl (C=O) groups is 1. The summed E-state index contributed by atoms with van der Waals surface area (Å²) in [5.74, 6) is -0.926. The van der Waals surface area contributed by atoms with Crippen LogP contribution in [0.4, 0.5) is 0 Å². The van der Waals surface area contributed by atoms with Crippen molar-refractivity contribution in [2.24, 2.45) is 0 Å². The molecular weight excluding hydrogens is 216 g/mol. The molecule has 0 saturated carbocycles. The third kappa shape index (κ3) is 1.90. The molecule has 2 rings (SSSR count). The quantitative estimate of drug-likeness (QED) is 0.881. The number of carboxylic acids is 1. The zero-order valence-electron chi connectivity index (χ0n) is 10.1. The lowest BCUT2D eigenvalue weighted by Crippen LogP contribution is -2.05. The maximum absolute atomic E-state index is 11.1. The van der Waals surface area contributed by atoms with E-state index in [0.29, 0.717) is 11.6 Å². The summed E-state index contributed by atoms with van der Waals surface area (Å²) >= 11 is 0. The Morgan fingerprint density at radius 2 is 2.12 bits per heavy atom. The Kier molecular flexibility index (Phi) is 3.13. The van der Waals surface area contributed by atoms with E-state index in [1.807, 2.05) is 6.07 Å². The third-order valence-electron chi connectivity index (χ3n) is 3.17. The number of rotatable bonds is 4. The Balaban J connectivity index is 2.62. The number of carboxylic acid groups (broad SMARTS) is 1. The molecule has 0 aliphatic carbocycles. The van der Waals surface area contributed by atoms with Crippen LogP contribution in [0.1, 0.15) is 43.1 Å². The summed E-state index contributed by atoms with van der Waals surface area (Å²) in [5.41, 5.74) is 1.75. The predicted molar refractivity (Wildman–Crippen MR) is 66.3 cm³/mol. The standard InChI is InChI=1S/C13H16N2O2/c1-3-9(4-2)15-8-14-12-10(13(16)17)6-5-7-11(12)15/h5-9H,3-4H2,1-2H3,(H,16,17). The third-order valence-corrected chi connectivity index (χ3v) is 3.17. The van der Waals surface area contributed by atoms with Crippen molar-refractivity contribution in [3.63, 3.8) is 0 Å². The van der Waals surface area contributed by atoms with Gasteiger partial charge in [-0.25, -0.2) is 9.78 Å². The van der Waals surface area contributed by atoms with Crippen molar-refractivity contribution >= 4 is 17.0 Å². The summed E-state index contributed by atoms with van der Waals surface area (Å²) in [7, 11) is 0. The van der Waals surface area contributed by atoms with Gasteiger partial charge >= 0.3 is 5.97 Å². The second kappa shape index (κ2) is 4.57. The highest BCUT2D eigenvalue weighted by Gasteiger charge is 2.15. The molecule has 0 spiro atoms. The van der Waals surface area contributed by atoms with E-state index in [2.05, 4.69) is 23.4 Å². The normalized spacial score (nSPS) is 11.2. The Morgan fingerprint density at radius 1 is 1.41 bits per heavy atom. The van der Waals surface area contributed by atoms with E-state index in [1.165, 1.54) is 0 Å². The molecule has 0 bridgehead atoms. The summed E-state index contributed by atoms with van der Waals surface area (Å²) in [6, 6.07) is 5.66. The van der Waals surface area contributed by atoms with Crippen LogP contribution in [0.5, 0.6) is 0 Å². The van der Waals surface area contributed by atoms with E-state index in [-0.39, 0.29) is 5.56 Å². The van der Waals surface area contributed by atoms with Crippen LogP contribution in [-0.4, -0.2) is 20.6 Å². The van der Waals surface area contributed by atoms with Gasteiger partial charge in [0.15, 0.2) is 0 Å². The molecule has 0 unspecified atom stereocenters. The van der Waals surface area contributed by atoms with Crippen LogP contribution in [0.15, 0.2) is 24.5 Å². The monoisotopic (exact) mass is 232 g/mol. The van der Waals surface area contributed by atoms with Crippen molar-refractivity contribution in [2.75, 3.05) is 0 Å². The second-order valence-corrected chi connectivity index (χ2v) is 4.10. The summed E-state index contributed by atoms with van der Waals surface area (Å²) in [6.45, 7) is 4.25. The number of para-hydroxylation sites is 1. The van der Waals surface area contributed by atoms with Gasteiger partial charge in [-0.15, -0.1) is 0 Å². The molecule has 90 valence electrons. The molecule has 0 aliphatic rings. The topological polar surface area (TPSA) is 55.1 Å². The SMILES string of the molecule is CCC(CC)n1cnc2c(C(=O)O)cccc21. The van der Waals surface area contributed by atoms with E-state index < -0.39 is 5.97 Å². The first-order valence-corrected chi connectivity index (χ1v) is 5.87. The van der Waals surface area contributed by atoms with E-state index in [9.17, 15) is 4.79 Å². The zero-order chi connectivity index (χ0) is 12.4. The summed E-state index contributed by atoms with van der Waals surface area (Å²) in [5, 5.41) is 9.10. The van der Waals surface area contributed by atoms with E-state index >= 15 is 0 Å². The number of imidazole rings is 1. The molecule has 1 aromatic carbocycles. The van der Waals surface area contributed by atoms with Crippen molar-refractivity contribution < 1.29 is 9.90 Å². The number of hydrogen-bond donors (Lipinski definition) is 1. The van der Waals surface area contributed by atoms with Gasteiger partial charge in [-0.3, -0.25) is 0 Å². The maximum atomic E-state index is 11.1. The fourth-order valence-corrected chi connectivity index (χ4v) is 2.20. The van der Waals surface area contributed by atoms with Crippen LogP contribution in [0.3, 0.4) is 0 Å². The number of aromatic nitrogens is 2. The lowest BCUT2D eigenvalue weighted by atomic mass is 10.1. The minimum atomic E-state index is -0.926. The minimum Gasteiger partial charge on any atom is -0.478 e. The van der Waals surface area contributed by atoms with Crippen LogP contribution in [0, 0.1) is 0 Å².